The van der Waals surface area contributed by atoms with Gasteiger partial charge in [0.15, 0.2) is 0 Å². The lowest BCUT2D eigenvalue weighted by Crippen LogP contribution is -2.29. The van der Waals surface area contributed by atoms with Gasteiger partial charge in [-0.3, -0.25) is 4.79 Å². The van der Waals surface area contributed by atoms with Crippen LogP contribution >= 0.6 is 0 Å². The van der Waals surface area contributed by atoms with Crippen LogP contribution in [0.2, 0.25) is 0 Å². The molecule has 1 aliphatic heterocycles. The van der Waals surface area contributed by atoms with Gasteiger partial charge < -0.3 is 15.5 Å². The molecule has 3 rings (SSSR count). The quantitative estimate of drug-likeness (QED) is 0.782. The van der Waals surface area contributed by atoms with E-state index in [1.165, 1.54) is 18.4 Å². The fourth-order valence-corrected chi connectivity index (χ4v) is 3.10. The van der Waals surface area contributed by atoms with Gasteiger partial charge in [-0.1, -0.05) is 6.07 Å². The molecule has 26 heavy (non-hydrogen) atoms. The van der Waals surface area contributed by atoms with Crippen molar-refractivity contribution in [3.05, 3.63) is 46.8 Å². The molecule has 0 radical (unpaired) electrons. The first kappa shape index (κ1) is 18.2. The predicted molar refractivity (Wildman–Crippen MR) is 105 cm³/mol. The summed E-state index contributed by atoms with van der Waals surface area (Å²) in [6, 6.07) is 7.75. The number of nitrogens with zero attached hydrogens (tertiary/aromatic N) is 3. The summed E-state index contributed by atoms with van der Waals surface area (Å²) < 4.78 is 0. The lowest BCUT2D eigenvalue weighted by atomic mass is 10.1. The molecule has 0 spiro atoms. The van der Waals surface area contributed by atoms with E-state index in [1.54, 1.807) is 0 Å². The van der Waals surface area contributed by atoms with Gasteiger partial charge in [0.1, 0.15) is 17.5 Å². The zero-order chi connectivity index (χ0) is 18.5. The summed E-state index contributed by atoms with van der Waals surface area (Å²) in [5.41, 5.74) is 3.01. The Labute approximate surface area is 155 Å². The minimum atomic E-state index is -0.0495. The smallest absolute Gasteiger partial charge is 0.251 e. The largest absolute Gasteiger partial charge is 0.368 e. The number of carbonyl (C=O) groups excluding carboxylic acids is 1. The van der Waals surface area contributed by atoms with Crippen LogP contribution in [0.15, 0.2) is 24.3 Å². The van der Waals surface area contributed by atoms with Crippen LogP contribution in [-0.4, -0.2) is 42.1 Å². The summed E-state index contributed by atoms with van der Waals surface area (Å²) in [5, 5.41) is 6.23. The zero-order valence-electron chi connectivity index (χ0n) is 15.8. The molecule has 6 nitrogen and oxygen atoms in total. The van der Waals surface area contributed by atoms with Crippen molar-refractivity contribution in [2.24, 2.45) is 0 Å². The third-order valence-corrected chi connectivity index (χ3v) is 4.74. The fourth-order valence-electron chi connectivity index (χ4n) is 3.10. The SMILES string of the molecule is Cc1nc(NCCNC(=O)c2ccc(C)c(C)c2)cc(N2CCCC2)n1. The lowest BCUT2D eigenvalue weighted by Gasteiger charge is -2.17. The van der Waals surface area contributed by atoms with Crippen LogP contribution < -0.4 is 15.5 Å². The Morgan fingerprint density at radius 3 is 2.54 bits per heavy atom. The first-order valence-electron chi connectivity index (χ1n) is 9.23. The number of aromatic nitrogens is 2. The molecule has 2 heterocycles. The van der Waals surface area contributed by atoms with Gasteiger partial charge in [0.2, 0.25) is 0 Å². The van der Waals surface area contributed by atoms with E-state index >= 15 is 0 Å². The summed E-state index contributed by atoms with van der Waals surface area (Å²) in [5.74, 6) is 2.50. The third kappa shape index (κ3) is 4.50. The van der Waals surface area contributed by atoms with Gasteiger partial charge in [0.25, 0.3) is 5.91 Å². The standard InChI is InChI=1S/C20H27N5O/c1-14-6-7-17(12-15(14)2)20(26)22-9-8-21-18-13-19(24-16(3)23-18)25-10-4-5-11-25/h6-7,12-13H,4-5,8-11H2,1-3H3,(H,22,26)(H,21,23,24). The molecule has 0 atom stereocenters. The number of nitrogens with one attached hydrogen (secondary N) is 2. The minimum absolute atomic E-state index is 0.0495. The van der Waals surface area contributed by atoms with Gasteiger partial charge in [0.05, 0.1) is 0 Å². The van der Waals surface area contributed by atoms with E-state index in [1.807, 2.05) is 45.0 Å². The van der Waals surface area contributed by atoms with Crippen molar-refractivity contribution in [2.75, 3.05) is 36.4 Å². The number of anilines is 2. The van der Waals surface area contributed by atoms with Crippen molar-refractivity contribution < 1.29 is 4.79 Å². The topological polar surface area (TPSA) is 70.2 Å². The Kier molecular flexibility index (Phi) is 5.71. The highest BCUT2D eigenvalue weighted by Gasteiger charge is 2.15. The molecule has 0 bridgehead atoms. The fraction of sp³-hybridized carbons (Fsp3) is 0.450. The van der Waals surface area contributed by atoms with Crippen LogP contribution in [-0.2, 0) is 0 Å². The Hall–Kier alpha value is -2.63. The molecular weight excluding hydrogens is 326 g/mol. The van der Waals surface area contributed by atoms with Crippen LogP contribution in [0.5, 0.6) is 0 Å². The van der Waals surface area contributed by atoms with Gasteiger partial charge in [-0.15, -0.1) is 0 Å². The number of benzene rings is 1. The molecule has 0 saturated carbocycles. The first-order chi connectivity index (χ1) is 12.5. The van der Waals surface area contributed by atoms with Crippen molar-refractivity contribution in [3.63, 3.8) is 0 Å². The molecule has 2 N–H and O–H groups in total. The van der Waals surface area contributed by atoms with Gasteiger partial charge in [0, 0.05) is 37.8 Å². The second kappa shape index (κ2) is 8.17. The summed E-state index contributed by atoms with van der Waals surface area (Å²) in [6.07, 6.45) is 2.44. The average molecular weight is 353 g/mol. The van der Waals surface area contributed by atoms with Crippen molar-refractivity contribution in [3.8, 4) is 0 Å². The second-order valence-electron chi connectivity index (χ2n) is 6.83. The van der Waals surface area contributed by atoms with Crippen LogP contribution in [0.1, 0.15) is 40.2 Å². The predicted octanol–water partition coefficient (Wildman–Crippen LogP) is 2.84. The molecule has 1 amide bonds. The maximum atomic E-state index is 12.2. The highest BCUT2D eigenvalue weighted by molar-refractivity contribution is 5.94. The zero-order valence-corrected chi connectivity index (χ0v) is 15.8. The number of amides is 1. The van der Waals surface area contributed by atoms with E-state index in [0.717, 1.165) is 36.1 Å². The summed E-state index contributed by atoms with van der Waals surface area (Å²) >= 11 is 0. The van der Waals surface area contributed by atoms with E-state index in [0.29, 0.717) is 18.7 Å². The number of aryl methyl sites for hydroxylation is 3. The molecule has 1 saturated heterocycles. The van der Waals surface area contributed by atoms with E-state index in [9.17, 15) is 4.79 Å². The number of hydrogen-bond acceptors (Lipinski definition) is 5. The van der Waals surface area contributed by atoms with E-state index < -0.39 is 0 Å². The van der Waals surface area contributed by atoms with E-state index in [4.69, 9.17) is 0 Å². The lowest BCUT2D eigenvalue weighted by molar-refractivity contribution is 0.0955. The molecule has 138 valence electrons. The van der Waals surface area contributed by atoms with Crippen LogP contribution in [0, 0.1) is 20.8 Å². The normalized spacial score (nSPS) is 13.7. The number of hydrogen-bond donors (Lipinski definition) is 2. The summed E-state index contributed by atoms with van der Waals surface area (Å²) in [4.78, 5) is 23.5. The van der Waals surface area contributed by atoms with E-state index in [-0.39, 0.29) is 5.91 Å². The van der Waals surface area contributed by atoms with Crippen LogP contribution in [0.4, 0.5) is 11.6 Å². The summed E-state index contributed by atoms with van der Waals surface area (Å²) in [7, 11) is 0. The Bertz CT molecular complexity index is 784. The maximum absolute atomic E-state index is 12.2. The molecule has 1 aromatic carbocycles. The molecule has 2 aromatic rings. The van der Waals surface area contributed by atoms with E-state index in [2.05, 4.69) is 25.5 Å². The van der Waals surface area contributed by atoms with Crippen molar-refractivity contribution in [2.45, 2.75) is 33.6 Å². The maximum Gasteiger partial charge on any atom is 0.251 e. The van der Waals surface area contributed by atoms with Crippen LogP contribution in [0.25, 0.3) is 0 Å². The monoisotopic (exact) mass is 353 g/mol. The van der Waals surface area contributed by atoms with Crippen molar-refractivity contribution in [1.29, 1.82) is 0 Å². The molecule has 0 aliphatic carbocycles. The Morgan fingerprint density at radius 1 is 1.04 bits per heavy atom. The minimum Gasteiger partial charge on any atom is -0.368 e. The first-order valence-corrected chi connectivity index (χ1v) is 9.23. The average Bonchev–Trinajstić information content (AvgIpc) is 3.15. The van der Waals surface area contributed by atoms with Crippen LogP contribution in [0.3, 0.4) is 0 Å². The highest BCUT2D eigenvalue weighted by Crippen LogP contribution is 2.20. The van der Waals surface area contributed by atoms with Gasteiger partial charge in [-0.25, -0.2) is 9.97 Å². The van der Waals surface area contributed by atoms with Crippen molar-refractivity contribution >= 4 is 17.5 Å². The molecule has 6 heteroatoms. The molecule has 1 aromatic heterocycles. The summed E-state index contributed by atoms with van der Waals surface area (Å²) in [6.45, 7) is 9.24. The van der Waals surface area contributed by atoms with Crippen molar-refractivity contribution in [1.82, 2.24) is 15.3 Å². The number of carbonyl (C=O) groups is 1. The van der Waals surface area contributed by atoms with Gasteiger partial charge in [-0.05, 0) is 56.9 Å². The highest BCUT2D eigenvalue weighted by atomic mass is 16.1. The molecule has 1 fully saturated rings. The molecular formula is C20H27N5O. The number of rotatable bonds is 6. The van der Waals surface area contributed by atoms with Gasteiger partial charge in [-0.2, -0.15) is 0 Å². The van der Waals surface area contributed by atoms with Gasteiger partial charge >= 0.3 is 0 Å². The third-order valence-electron chi connectivity index (χ3n) is 4.74. The molecule has 0 unspecified atom stereocenters. The molecule has 1 aliphatic rings. The Morgan fingerprint density at radius 2 is 1.81 bits per heavy atom. The Balaban J connectivity index is 1.51. The second-order valence-corrected chi connectivity index (χ2v) is 6.83.